The van der Waals surface area contributed by atoms with E-state index in [2.05, 4.69) is 22.5 Å². The van der Waals surface area contributed by atoms with Gasteiger partial charge >= 0.3 is 0 Å². The van der Waals surface area contributed by atoms with Crippen LogP contribution in [-0.4, -0.2) is 17.4 Å². The van der Waals surface area contributed by atoms with E-state index in [-0.39, 0.29) is 23.6 Å². The summed E-state index contributed by atoms with van der Waals surface area (Å²) in [6.45, 7) is 4.24. The van der Waals surface area contributed by atoms with Gasteiger partial charge in [-0.15, -0.1) is 0 Å². The Morgan fingerprint density at radius 3 is 2.71 bits per heavy atom. The topological polar surface area (TPSA) is 59.8 Å². The van der Waals surface area contributed by atoms with E-state index < -0.39 is 6.04 Å². The van der Waals surface area contributed by atoms with Crippen LogP contribution in [-0.2, 0) is 6.54 Å². The molecule has 0 N–H and O–H groups in total. The lowest BCUT2D eigenvalue weighted by Gasteiger charge is -2.26. The number of fused-ring (bicyclic) bond motifs is 2. The van der Waals surface area contributed by atoms with Gasteiger partial charge in [-0.25, -0.2) is 0 Å². The summed E-state index contributed by atoms with van der Waals surface area (Å²) >= 11 is 9.83. The lowest BCUT2D eigenvalue weighted by atomic mass is 9.98. The van der Waals surface area contributed by atoms with Gasteiger partial charge in [0.05, 0.1) is 17.0 Å². The SMILES string of the molecule is C=CCOc1cccc(C2c3c(oc4ccc(Br)cc4c3=O)C(=O)N2Cc2ccccc2Cl)c1. The van der Waals surface area contributed by atoms with E-state index in [4.69, 9.17) is 20.8 Å². The minimum Gasteiger partial charge on any atom is -0.490 e. The molecule has 0 spiro atoms. The summed E-state index contributed by atoms with van der Waals surface area (Å²) in [4.78, 5) is 28.9. The van der Waals surface area contributed by atoms with Crippen LogP contribution in [0.25, 0.3) is 11.0 Å². The Balaban J connectivity index is 1.71. The van der Waals surface area contributed by atoms with Crippen molar-refractivity contribution >= 4 is 44.4 Å². The van der Waals surface area contributed by atoms with Gasteiger partial charge < -0.3 is 14.1 Å². The lowest BCUT2D eigenvalue weighted by molar-refractivity contribution is 0.0714. The van der Waals surface area contributed by atoms with Crippen molar-refractivity contribution in [3.05, 3.63) is 122 Å². The van der Waals surface area contributed by atoms with Crippen molar-refractivity contribution in [1.29, 1.82) is 0 Å². The number of carbonyl (C=O) groups excluding carboxylic acids is 1. The zero-order valence-corrected chi connectivity index (χ0v) is 20.3. The van der Waals surface area contributed by atoms with Crippen molar-refractivity contribution in [2.75, 3.05) is 6.61 Å². The van der Waals surface area contributed by atoms with Gasteiger partial charge in [-0.1, -0.05) is 70.5 Å². The highest BCUT2D eigenvalue weighted by Gasteiger charge is 2.43. The second-order valence-electron chi connectivity index (χ2n) is 7.91. The molecule has 170 valence electrons. The highest BCUT2D eigenvalue weighted by atomic mass is 79.9. The molecule has 5 rings (SSSR count). The van der Waals surface area contributed by atoms with E-state index in [1.165, 1.54) is 0 Å². The fourth-order valence-corrected chi connectivity index (χ4v) is 4.80. The van der Waals surface area contributed by atoms with Crippen LogP contribution < -0.4 is 10.2 Å². The summed E-state index contributed by atoms with van der Waals surface area (Å²) in [5.74, 6) is 0.303. The molecule has 0 saturated carbocycles. The lowest BCUT2D eigenvalue weighted by Crippen LogP contribution is -2.29. The van der Waals surface area contributed by atoms with E-state index in [0.717, 1.165) is 15.6 Å². The van der Waals surface area contributed by atoms with Gasteiger partial charge in [-0.3, -0.25) is 9.59 Å². The van der Waals surface area contributed by atoms with Crippen LogP contribution in [0.5, 0.6) is 5.75 Å². The number of ether oxygens (including phenoxy) is 1. The summed E-state index contributed by atoms with van der Waals surface area (Å²) in [6, 6.07) is 19.2. The number of benzene rings is 3. The van der Waals surface area contributed by atoms with Crippen molar-refractivity contribution in [1.82, 2.24) is 4.90 Å². The van der Waals surface area contributed by atoms with Crippen LogP contribution in [0.3, 0.4) is 0 Å². The van der Waals surface area contributed by atoms with Gasteiger partial charge in [0.2, 0.25) is 5.76 Å². The number of halogens is 2. The number of hydrogen-bond acceptors (Lipinski definition) is 4. The van der Waals surface area contributed by atoms with Gasteiger partial charge in [0.25, 0.3) is 5.91 Å². The summed E-state index contributed by atoms with van der Waals surface area (Å²) in [7, 11) is 0. The molecule has 5 nitrogen and oxygen atoms in total. The molecule has 7 heteroatoms. The molecular formula is C27H19BrClNO4. The smallest absolute Gasteiger partial charge is 0.291 e. The molecule has 0 bridgehead atoms. The molecule has 1 amide bonds. The Bertz CT molecular complexity index is 1500. The van der Waals surface area contributed by atoms with Crippen LogP contribution in [0.4, 0.5) is 0 Å². The monoisotopic (exact) mass is 535 g/mol. The normalized spacial score (nSPS) is 14.9. The van der Waals surface area contributed by atoms with Gasteiger partial charge in [-0.2, -0.15) is 0 Å². The predicted molar refractivity (Wildman–Crippen MR) is 135 cm³/mol. The van der Waals surface area contributed by atoms with Crippen LogP contribution in [0.1, 0.15) is 33.3 Å². The van der Waals surface area contributed by atoms with Gasteiger partial charge in [-0.05, 0) is 47.5 Å². The molecule has 1 aliphatic rings. The first kappa shape index (κ1) is 22.4. The zero-order chi connectivity index (χ0) is 23.8. The maximum atomic E-state index is 13.7. The fraction of sp³-hybridized carbons (Fsp3) is 0.111. The highest BCUT2D eigenvalue weighted by Crippen LogP contribution is 2.40. The van der Waals surface area contributed by atoms with E-state index in [9.17, 15) is 9.59 Å². The van der Waals surface area contributed by atoms with Crippen LogP contribution in [0.15, 0.2) is 93.1 Å². The predicted octanol–water partition coefficient (Wildman–Crippen LogP) is 6.52. The quantitative estimate of drug-likeness (QED) is 0.263. The third-order valence-electron chi connectivity index (χ3n) is 5.77. The Kier molecular flexibility index (Phi) is 6.02. The van der Waals surface area contributed by atoms with E-state index in [1.807, 2.05) is 42.5 Å². The summed E-state index contributed by atoms with van der Waals surface area (Å²) < 4.78 is 12.5. The average molecular weight is 537 g/mol. The number of hydrogen-bond donors (Lipinski definition) is 0. The molecule has 2 heterocycles. The molecule has 3 aromatic carbocycles. The Morgan fingerprint density at radius 1 is 1.09 bits per heavy atom. The summed E-state index contributed by atoms with van der Waals surface area (Å²) in [6.07, 6.45) is 1.66. The molecule has 0 fully saturated rings. The number of amides is 1. The number of nitrogens with zero attached hydrogens (tertiary/aromatic N) is 1. The molecule has 34 heavy (non-hydrogen) atoms. The number of carbonyl (C=O) groups is 1. The van der Waals surface area contributed by atoms with Gasteiger partial charge in [0, 0.05) is 16.0 Å². The van der Waals surface area contributed by atoms with Gasteiger partial charge in [0.1, 0.15) is 17.9 Å². The standard InChI is InChI=1S/C27H19BrClNO4/c1-2-12-33-19-8-5-7-16(13-19)24-23-25(31)20-14-18(28)10-11-22(20)34-26(23)27(32)30(24)15-17-6-3-4-9-21(17)29/h2-11,13-14,24H,1,12,15H2. The second-order valence-corrected chi connectivity index (χ2v) is 9.24. The first-order valence-corrected chi connectivity index (χ1v) is 11.8. The Morgan fingerprint density at radius 2 is 1.91 bits per heavy atom. The summed E-state index contributed by atoms with van der Waals surface area (Å²) in [5.41, 5.74) is 1.94. The minimum atomic E-state index is -0.661. The van der Waals surface area contributed by atoms with Crippen LogP contribution in [0.2, 0.25) is 5.02 Å². The van der Waals surface area contributed by atoms with Crippen molar-refractivity contribution in [3.63, 3.8) is 0 Å². The van der Waals surface area contributed by atoms with Crippen molar-refractivity contribution in [2.24, 2.45) is 0 Å². The molecule has 1 aliphatic heterocycles. The fourth-order valence-electron chi connectivity index (χ4n) is 4.24. The Labute approximate surface area is 209 Å². The first-order chi connectivity index (χ1) is 16.5. The van der Waals surface area contributed by atoms with E-state index in [1.54, 1.807) is 35.2 Å². The first-order valence-electron chi connectivity index (χ1n) is 10.6. The second kappa shape index (κ2) is 9.12. The van der Waals surface area contributed by atoms with E-state index >= 15 is 0 Å². The van der Waals surface area contributed by atoms with Crippen molar-refractivity contribution in [2.45, 2.75) is 12.6 Å². The average Bonchev–Trinajstić information content (AvgIpc) is 3.11. The van der Waals surface area contributed by atoms with Crippen LogP contribution in [0, 0.1) is 0 Å². The maximum Gasteiger partial charge on any atom is 0.291 e. The molecular weight excluding hydrogens is 518 g/mol. The molecule has 1 atom stereocenters. The third-order valence-corrected chi connectivity index (χ3v) is 6.63. The largest absolute Gasteiger partial charge is 0.490 e. The molecule has 0 saturated heterocycles. The number of rotatable bonds is 6. The minimum absolute atomic E-state index is 0.0503. The third kappa shape index (κ3) is 3.93. The van der Waals surface area contributed by atoms with Crippen molar-refractivity contribution < 1.29 is 13.9 Å². The molecule has 1 aromatic heterocycles. The highest BCUT2D eigenvalue weighted by molar-refractivity contribution is 9.10. The van der Waals surface area contributed by atoms with E-state index in [0.29, 0.717) is 33.9 Å². The molecule has 1 unspecified atom stereocenters. The molecule has 0 radical (unpaired) electrons. The van der Waals surface area contributed by atoms with Gasteiger partial charge in [0.15, 0.2) is 5.43 Å². The molecule has 4 aromatic rings. The molecule has 0 aliphatic carbocycles. The maximum absolute atomic E-state index is 13.7. The van der Waals surface area contributed by atoms with Crippen LogP contribution >= 0.6 is 27.5 Å². The van der Waals surface area contributed by atoms with Crippen molar-refractivity contribution in [3.8, 4) is 5.75 Å². The summed E-state index contributed by atoms with van der Waals surface area (Å²) in [5, 5.41) is 0.950. The zero-order valence-electron chi connectivity index (χ0n) is 18.0. The Hall–Kier alpha value is -3.35.